The first kappa shape index (κ1) is 14.1. The van der Waals surface area contributed by atoms with Crippen molar-refractivity contribution in [2.75, 3.05) is 6.61 Å². The number of fused-ring (bicyclic) bond motifs is 5. The molecule has 122 valence electrons. The molecule has 0 aromatic heterocycles. The van der Waals surface area contributed by atoms with Crippen LogP contribution in [0.5, 0.6) is 0 Å². The molecule has 0 aromatic rings. The van der Waals surface area contributed by atoms with Gasteiger partial charge in [0.2, 0.25) is 0 Å². The first-order valence-corrected chi connectivity index (χ1v) is 9.95. The minimum atomic E-state index is 0.378. The number of epoxide rings is 1. The third-order valence-electron chi connectivity index (χ3n) is 8.84. The van der Waals surface area contributed by atoms with Gasteiger partial charge in [-0.3, -0.25) is 0 Å². The molecule has 0 aromatic carbocycles. The van der Waals surface area contributed by atoms with E-state index in [2.05, 4.69) is 19.9 Å². The molecule has 1 spiro atoms. The summed E-state index contributed by atoms with van der Waals surface area (Å²) in [5.41, 5.74) is 2.74. The van der Waals surface area contributed by atoms with E-state index in [1.54, 1.807) is 5.57 Å². The molecule has 22 heavy (non-hydrogen) atoms. The summed E-state index contributed by atoms with van der Waals surface area (Å²) in [6, 6.07) is 0. The molecular weight excluding hydrogens is 268 g/mol. The Morgan fingerprint density at radius 3 is 2.59 bits per heavy atom. The highest BCUT2D eigenvalue weighted by molar-refractivity contribution is 5.23. The van der Waals surface area contributed by atoms with Gasteiger partial charge in [0, 0.05) is 0 Å². The molecule has 5 aliphatic rings. The summed E-state index contributed by atoms with van der Waals surface area (Å²) in [6.07, 6.45) is 15.6. The highest BCUT2D eigenvalue weighted by Crippen LogP contribution is 2.65. The summed E-state index contributed by atoms with van der Waals surface area (Å²) in [6.45, 7) is 5.97. The summed E-state index contributed by atoms with van der Waals surface area (Å²) in [5, 5.41) is 0. The monoisotopic (exact) mass is 300 g/mol. The summed E-state index contributed by atoms with van der Waals surface area (Å²) >= 11 is 0. The van der Waals surface area contributed by atoms with E-state index >= 15 is 0 Å². The normalized spacial score (nSPS) is 58.3. The highest BCUT2D eigenvalue weighted by Gasteiger charge is 2.58. The topological polar surface area (TPSA) is 12.5 Å². The van der Waals surface area contributed by atoms with Crippen LogP contribution in [0.3, 0.4) is 0 Å². The molecule has 0 amide bonds. The Bertz CT molecular complexity index is 502. The molecular formula is C21H32O. The first-order chi connectivity index (χ1) is 10.7. The molecule has 0 radical (unpaired) electrons. The molecule has 1 nitrogen and oxygen atoms in total. The van der Waals surface area contributed by atoms with Crippen molar-refractivity contribution in [3.63, 3.8) is 0 Å². The van der Waals surface area contributed by atoms with Gasteiger partial charge in [0.15, 0.2) is 0 Å². The highest BCUT2D eigenvalue weighted by atomic mass is 16.6. The number of hydrogen-bond acceptors (Lipinski definition) is 1. The Balaban J connectivity index is 1.40. The maximum atomic E-state index is 5.83. The Hall–Kier alpha value is -0.300. The van der Waals surface area contributed by atoms with Gasteiger partial charge in [0.25, 0.3) is 0 Å². The van der Waals surface area contributed by atoms with Crippen LogP contribution in [0.15, 0.2) is 11.6 Å². The summed E-state index contributed by atoms with van der Waals surface area (Å²) in [7, 11) is 0. The van der Waals surface area contributed by atoms with Crippen molar-refractivity contribution in [3.05, 3.63) is 11.6 Å². The van der Waals surface area contributed by atoms with Crippen LogP contribution in [0.4, 0.5) is 0 Å². The van der Waals surface area contributed by atoms with Crippen molar-refractivity contribution < 1.29 is 4.74 Å². The largest absolute Gasteiger partial charge is 0.370 e. The number of ether oxygens (including phenoxy) is 1. The third kappa shape index (κ3) is 1.81. The van der Waals surface area contributed by atoms with Crippen LogP contribution in [0, 0.1) is 35.0 Å². The summed E-state index contributed by atoms with van der Waals surface area (Å²) in [4.78, 5) is 0. The second kappa shape index (κ2) is 4.62. The molecule has 5 rings (SSSR count). The van der Waals surface area contributed by atoms with Gasteiger partial charge in [0.1, 0.15) is 0 Å². The van der Waals surface area contributed by atoms with E-state index < -0.39 is 0 Å². The predicted molar refractivity (Wildman–Crippen MR) is 89.6 cm³/mol. The van der Waals surface area contributed by atoms with Crippen molar-refractivity contribution in [2.24, 2.45) is 35.0 Å². The average molecular weight is 300 g/mol. The third-order valence-corrected chi connectivity index (χ3v) is 8.84. The van der Waals surface area contributed by atoms with Crippen molar-refractivity contribution >= 4 is 0 Å². The molecule has 0 N–H and O–H groups in total. The zero-order chi connectivity index (χ0) is 14.9. The van der Waals surface area contributed by atoms with E-state index in [-0.39, 0.29) is 0 Å². The Labute approximate surface area is 135 Å². The van der Waals surface area contributed by atoms with Gasteiger partial charge in [-0.1, -0.05) is 18.6 Å². The first-order valence-electron chi connectivity index (χ1n) is 9.95. The lowest BCUT2D eigenvalue weighted by Crippen LogP contribution is -2.48. The zero-order valence-electron chi connectivity index (χ0n) is 14.4. The number of hydrogen-bond donors (Lipinski definition) is 0. The number of rotatable bonds is 0. The minimum Gasteiger partial charge on any atom is -0.370 e. The van der Waals surface area contributed by atoms with E-state index in [1.165, 1.54) is 57.8 Å². The molecule has 5 fully saturated rings. The fourth-order valence-corrected chi connectivity index (χ4v) is 7.63. The predicted octanol–water partition coefficient (Wildman–Crippen LogP) is 5.35. The van der Waals surface area contributed by atoms with Crippen molar-refractivity contribution in [2.45, 2.75) is 77.2 Å². The smallest absolute Gasteiger partial charge is 0.0919 e. The Morgan fingerprint density at radius 1 is 1.00 bits per heavy atom. The van der Waals surface area contributed by atoms with Crippen LogP contribution in [0.1, 0.15) is 71.6 Å². The van der Waals surface area contributed by atoms with Gasteiger partial charge < -0.3 is 4.74 Å². The molecule has 0 bridgehead atoms. The fraction of sp³-hybridized carbons (Fsp3) is 0.905. The number of allylic oxidation sites excluding steroid dienone is 2. The maximum Gasteiger partial charge on any atom is 0.0919 e. The van der Waals surface area contributed by atoms with Crippen LogP contribution in [-0.2, 0) is 4.74 Å². The molecule has 1 aliphatic heterocycles. The lowest BCUT2D eigenvalue weighted by Gasteiger charge is -2.55. The summed E-state index contributed by atoms with van der Waals surface area (Å²) in [5.74, 6) is 5.17. The van der Waals surface area contributed by atoms with Crippen molar-refractivity contribution in [1.82, 2.24) is 0 Å². The molecule has 4 saturated carbocycles. The molecule has 1 unspecified atom stereocenters. The van der Waals surface area contributed by atoms with E-state index in [4.69, 9.17) is 4.74 Å². The van der Waals surface area contributed by atoms with Crippen LogP contribution in [-0.4, -0.2) is 12.2 Å². The zero-order valence-corrected chi connectivity index (χ0v) is 14.4. The quantitative estimate of drug-likeness (QED) is 0.434. The van der Waals surface area contributed by atoms with Gasteiger partial charge in [0.05, 0.1) is 12.2 Å². The Morgan fingerprint density at radius 2 is 1.82 bits per heavy atom. The Kier molecular flexibility index (Phi) is 2.96. The second-order valence-electron chi connectivity index (χ2n) is 9.46. The van der Waals surface area contributed by atoms with E-state index in [1.807, 2.05) is 0 Å². The van der Waals surface area contributed by atoms with Crippen molar-refractivity contribution in [3.8, 4) is 0 Å². The lowest BCUT2D eigenvalue weighted by molar-refractivity contribution is -0.0518. The molecule has 7 atom stereocenters. The molecule has 1 heterocycles. The van der Waals surface area contributed by atoms with Gasteiger partial charge in [-0.25, -0.2) is 0 Å². The van der Waals surface area contributed by atoms with Gasteiger partial charge >= 0.3 is 0 Å². The molecule has 1 saturated heterocycles. The van der Waals surface area contributed by atoms with Gasteiger partial charge in [-0.05, 0) is 99.7 Å². The standard InChI is InChI=1S/C21H32O/c1-3-15-5-7-19-18-6-4-14-12-21(13-22-21)11-9-16(14)17(18)8-10-20(15,19)2/h3,14,16-19H,4-13H2,1-2H3/b15-3+/t14-,16+,17-,18-,19+,20-,21?/m1/s1. The maximum absolute atomic E-state index is 5.83. The SMILES string of the molecule is C/C=C1\CC[C@H]2[C@@H]3CC[C@@H]4CC5(CC[C@@H]4[C@H]3CC[C@]12C)CO5. The van der Waals surface area contributed by atoms with Crippen LogP contribution >= 0.6 is 0 Å². The van der Waals surface area contributed by atoms with Gasteiger partial charge in [-0.15, -0.1) is 0 Å². The van der Waals surface area contributed by atoms with Crippen LogP contribution in [0.25, 0.3) is 0 Å². The van der Waals surface area contributed by atoms with Crippen molar-refractivity contribution in [1.29, 1.82) is 0 Å². The fourth-order valence-electron chi connectivity index (χ4n) is 7.63. The van der Waals surface area contributed by atoms with E-state index in [0.717, 1.165) is 36.2 Å². The van der Waals surface area contributed by atoms with Gasteiger partial charge in [-0.2, -0.15) is 0 Å². The average Bonchev–Trinajstić information content (AvgIpc) is 3.17. The van der Waals surface area contributed by atoms with Crippen LogP contribution < -0.4 is 0 Å². The molecule has 4 aliphatic carbocycles. The van der Waals surface area contributed by atoms with Crippen LogP contribution in [0.2, 0.25) is 0 Å². The summed E-state index contributed by atoms with van der Waals surface area (Å²) < 4.78 is 5.83. The molecule has 1 heteroatoms. The second-order valence-corrected chi connectivity index (χ2v) is 9.46. The van der Waals surface area contributed by atoms with E-state index in [0.29, 0.717) is 11.0 Å². The van der Waals surface area contributed by atoms with E-state index in [9.17, 15) is 0 Å². The minimum absolute atomic E-state index is 0.378. The lowest BCUT2D eigenvalue weighted by atomic mass is 9.50.